The van der Waals surface area contributed by atoms with E-state index in [1.807, 2.05) is 4.90 Å². The molecule has 2 aliphatic heterocycles. The molecule has 0 saturated carbocycles. The Morgan fingerprint density at radius 3 is 3.07 bits per heavy atom. The van der Waals surface area contributed by atoms with E-state index in [9.17, 15) is 4.79 Å². The minimum absolute atomic E-state index is 0.128. The van der Waals surface area contributed by atoms with Gasteiger partial charge in [-0.2, -0.15) is 0 Å². The predicted octanol–water partition coefficient (Wildman–Crippen LogP) is 0.969. The Morgan fingerprint density at radius 2 is 2.36 bits per heavy atom. The highest BCUT2D eigenvalue weighted by molar-refractivity contribution is 5.68. The molecule has 1 amide bonds. The van der Waals surface area contributed by atoms with Crippen LogP contribution in [0.2, 0.25) is 0 Å². The SMILES string of the molecule is CC1NCCCC1N1CCCOC1=O. The molecule has 0 aliphatic carbocycles. The average Bonchev–Trinajstić information content (AvgIpc) is 2.20. The Kier molecular flexibility index (Phi) is 2.91. The minimum Gasteiger partial charge on any atom is -0.449 e. The molecule has 4 heteroatoms. The molecule has 2 aliphatic rings. The Morgan fingerprint density at radius 1 is 1.50 bits per heavy atom. The second-order valence-electron chi connectivity index (χ2n) is 4.11. The summed E-state index contributed by atoms with van der Waals surface area (Å²) in [5, 5.41) is 3.40. The minimum atomic E-state index is -0.128. The zero-order valence-corrected chi connectivity index (χ0v) is 8.66. The molecule has 4 nitrogen and oxygen atoms in total. The first-order valence-corrected chi connectivity index (χ1v) is 5.46. The van der Waals surface area contributed by atoms with E-state index in [0.29, 0.717) is 18.7 Å². The highest BCUT2D eigenvalue weighted by atomic mass is 16.6. The van der Waals surface area contributed by atoms with E-state index in [0.717, 1.165) is 32.4 Å². The van der Waals surface area contributed by atoms with Gasteiger partial charge in [-0.25, -0.2) is 4.79 Å². The molecule has 80 valence electrons. The summed E-state index contributed by atoms with van der Waals surface area (Å²) in [5.41, 5.74) is 0. The maximum absolute atomic E-state index is 11.5. The van der Waals surface area contributed by atoms with Gasteiger partial charge < -0.3 is 15.0 Å². The lowest BCUT2D eigenvalue weighted by Gasteiger charge is -2.40. The van der Waals surface area contributed by atoms with Crippen molar-refractivity contribution in [2.45, 2.75) is 38.3 Å². The molecule has 2 unspecified atom stereocenters. The van der Waals surface area contributed by atoms with Crippen LogP contribution in [0.4, 0.5) is 4.79 Å². The number of ether oxygens (including phenoxy) is 1. The Hall–Kier alpha value is -0.770. The molecule has 0 spiro atoms. The van der Waals surface area contributed by atoms with Crippen LogP contribution < -0.4 is 5.32 Å². The van der Waals surface area contributed by atoms with Crippen LogP contribution in [0.3, 0.4) is 0 Å². The molecular weight excluding hydrogens is 180 g/mol. The summed E-state index contributed by atoms with van der Waals surface area (Å²) in [6.45, 7) is 4.66. The molecule has 0 aromatic carbocycles. The predicted molar refractivity (Wildman–Crippen MR) is 53.2 cm³/mol. The molecule has 14 heavy (non-hydrogen) atoms. The summed E-state index contributed by atoms with van der Waals surface area (Å²) in [4.78, 5) is 13.4. The van der Waals surface area contributed by atoms with Crippen molar-refractivity contribution in [3.05, 3.63) is 0 Å². The summed E-state index contributed by atoms with van der Waals surface area (Å²) in [6, 6.07) is 0.728. The van der Waals surface area contributed by atoms with Gasteiger partial charge in [-0.1, -0.05) is 0 Å². The fourth-order valence-electron chi connectivity index (χ4n) is 2.32. The molecule has 2 saturated heterocycles. The number of hydrogen-bond acceptors (Lipinski definition) is 3. The van der Waals surface area contributed by atoms with Crippen molar-refractivity contribution >= 4 is 6.09 Å². The fourth-order valence-corrected chi connectivity index (χ4v) is 2.32. The highest BCUT2D eigenvalue weighted by Crippen LogP contribution is 2.19. The molecule has 2 heterocycles. The molecule has 2 rings (SSSR count). The van der Waals surface area contributed by atoms with Gasteiger partial charge in [0, 0.05) is 12.6 Å². The lowest BCUT2D eigenvalue weighted by Crippen LogP contribution is -2.55. The van der Waals surface area contributed by atoms with Gasteiger partial charge in [-0.3, -0.25) is 0 Å². The van der Waals surface area contributed by atoms with E-state index in [1.165, 1.54) is 0 Å². The Labute approximate surface area is 84.6 Å². The number of nitrogens with zero attached hydrogens (tertiary/aromatic N) is 1. The summed E-state index contributed by atoms with van der Waals surface area (Å²) < 4.78 is 5.05. The second kappa shape index (κ2) is 4.17. The van der Waals surface area contributed by atoms with Gasteiger partial charge in [0.25, 0.3) is 0 Å². The molecule has 2 fully saturated rings. The van der Waals surface area contributed by atoms with Crippen LogP contribution in [0.1, 0.15) is 26.2 Å². The lowest BCUT2D eigenvalue weighted by atomic mass is 9.98. The van der Waals surface area contributed by atoms with Gasteiger partial charge in [0.1, 0.15) is 0 Å². The first-order valence-electron chi connectivity index (χ1n) is 5.46. The van der Waals surface area contributed by atoms with E-state index >= 15 is 0 Å². The number of carbonyl (C=O) groups is 1. The van der Waals surface area contributed by atoms with Crippen LogP contribution in [0.15, 0.2) is 0 Å². The number of nitrogens with one attached hydrogen (secondary N) is 1. The lowest BCUT2D eigenvalue weighted by molar-refractivity contribution is 0.0410. The van der Waals surface area contributed by atoms with Crippen LogP contribution in [0.5, 0.6) is 0 Å². The number of amides is 1. The molecule has 0 bridgehead atoms. The molecule has 2 atom stereocenters. The maximum atomic E-state index is 11.5. The number of carbonyl (C=O) groups excluding carboxylic acids is 1. The first-order chi connectivity index (χ1) is 6.79. The molecule has 0 radical (unpaired) electrons. The third kappa shape index (κ3) is 1.85. The number of rotatable bonds is 1. The normalized spacial score (nSPS) is 34.1. The van der Waals surface area contributed by atoms with Gasteiger partial charge in [-0.15, -0.1) is 0 Å². The summed E-state index contributed by atoms with van der Waals surface area (Å²) in [6.07, 6.45) is 3.09. The van der Waals surface area contributed by atoms with E-state index in [4.69, 9.17) is 4.74 Å². The Bertz CT molecular complexity index is 220. The third-order valence-electron chi connectivity index (χ3n) is 3.12. The van der Waals surface area contributed by atoms with E-state index in [2.05, 4.69) is 12.2 Å². The van der Waals surface area contributed by atoms with Gasteiger partial charge in [0.15, 0.2) is 0 Å². The second-order valence-corrected chi connectivity index (χ2v) is 4.11. The van der Waals surface area contributed by atoms with Crippen molar-refractivity contribution in [3.8, 4) is 0 Å². The van der Waals surface area contributed by atoms with E-state index < -0.39 is 0 Å². The molecule has 0 aromatic rings. The van der Waals surface area contributed by atoms with Gasteiger partial charge >= 0.3 is 6.09 Å². The van der Waals surface area contributed by atoms with Crippen molar-refractivity contribution < 1.29 is 9.53 Å². The van der Waals surface area contributed by atoms with Crippen molar-refractivity contribution in [2.24, 2.45) is 0 Å². The van der Waals surface area contributed by atoms with Gasteiger partial charge in [0.2, 0.25) is 0 Å². The van der Waals surface area contributed by atoms with Crippen LogP contribution in [0.25, 0.3) is 0 Å². The van der Waals surface area contributed by atoms with Gasteiger partial charge in [0.05, 0.1) is 12.6 Å². The molecular formula is C10H18N2O2. The summed E-state index contributed by atoms with van der Waals surface area (Å²) in [7, 11) is 0. The Balaban J connectivity index is 2.00. The first kappa shape index (κ1) is 9.77. The fraction of sp³-hybridized carbons (Fsp3) is 0.900. The number of hydrogen-bond donors (Lipinski definition) is 1. The third-order valence-corrected chi connectivity index (χ3v) is 3.12. The van der Waals surface area contributed by atoms with Crippen molar-refractivity contribution in [2.75, 3.05) is 19.7 Å². The van der Waals surface area contributed by atoms with E-state index in [1.54, 1.807) is 0 Å². The standard InChI is InChI=1S/C10H18N2O2/c1-8-9(4-2-5-11-8)12-6-3-7-14-10(12)13/h8-9,11H,2-7H2,1H3. The van der Waals surface area contributed by atoms with Crippen molar-refractivity contribution in [1.29, 1.82) is 0 Å². The number of cyclic esters (lactones) is 1. The topological polar surface area (TPSA) is 41.6 Å². The quantitative estimate of drug-likeness (QED) is 0.682. The maximum Gasteiger partial charge on any atom is 0.410 e. The number of piperidine rings is 1. The zero-order chi connectivity index (χ0) is 9.97. The van der Waals surface area contributed by atoms with Crippen LogP contribution >= 0.6 is 0 Å². The zero-order valence-electron chi connectivity index (χ0n) is 8.66. The largest absolute Gasteiger partial charge is 0.449 e. The smallest absolute Gasteiger partial charge is 0.410 e. The van der Waals surface area contributed by atoms with Gasteiger partial charge in [-0.05, 0) is 32.7 Å². The molecule has 0 aromatic heterocycles. The average molecular weight is 198 g/mol. The monoisotopic (exact) mass is 198 g/mol. The van der Waals surface area contributed by atoms with Crippen LogP contribution in [-0.4, -0.2) is 42.8 Å². The van der Waals surface area contributed by atoms with E-state index in [-0.39, 0.29) is 6.09 Å². The van der Waals surface area contributed by atoms with Crippen molar-refractivity contribution in [1.82, 2.24) is 10.2 Å². The summed E-state index contributed by atoms with van der Waals surface area (Å²) >= 11 is 0. The summed E-state index contributed by atoms with van der Waals surface area (Å²) in [5.74, 6) is 0. The molecule has 1 N–H and O–H groups in total. The van der Waals surface area contributed by atoms with Crippen LogP contribution in [-0.2, 0) is 4.74 Å². The highest BCUT2D eigenvalue weighted by Gasteiger charge is 2.32. The van der Waals surface area contributed by atoms with Crippen molar-refractivity contribution in [3.63, 3.8) is 0 Å². The van der Waals surface area contributed by atoms with Crippen LogP contribution in [0, 0.1) is 0 Å².